The molecule has 0 radical (unpaired) electrons. The molecule has 5 nitrogen and oxygen atoms in total. The number of piperidine rings is 1. The van der Waals surface area contributed by atoms with E-state index >= 15 is 0 Å². The first-order valence-electron chi connectivity index (χ1n) is 5.93. The van der Waals surface area contributed by atoms with Gasteiger partial charge in [0.05, 0.1) is 12.5 Å². The van der Waals surface area contributed by atoms with Crippen LogP contribution < -0.4 is 10.6 Å². The summed E-state index contributed by atoms with van der Waals surface area (Å²) < 4.78 is 4.67. The van der Waals surface area contributed by atoms with Crippen LogP contribution in [0.25, 0.3) is 0 Å². The van der Waals surface area contributed by atoms with Gasteiger partial charge in [0.25, 0.3) is 0 Å². The van der Waals surface area contributed by atoms with E-state index in [0.29, 0.717) is 6.54 Å². The third kappa shape index (κ3) is 3.19. The Hall–Kier alpha value is -1.10. The lowest BCUT2D eigenvalue weighted by Gasteiger charge is -2.35. The molecule has 0 aromatic heterocycles. The van der Waals surface area contributed by atoms with E-state index in [-0.39, 0.29) is 5.91 Å². The Bertz CT molecular complexity index is 307. The zero-order valence-electron chi connectivity index (χ0n) is 11.1. The number of rotatable bonds is 3. The number of hydrogen-bond acceptors (Lipinski definition) is 4. The monoisotopic (exact) mass is 242 g/mol. The van der Waals surface area contributed by atoms with Crippen LogP contribution in [0.15, 0.2) is 0 Å². The summed E-state index contributed by atoms with van der Waals surface area (Å²) in [6, 6.07) is 0. The lowest BCUT2D eigenvalue weighted by atomic mass is 9.81. The number of esters is 1. The number of carbonyl (C=O) groups excluding carboxylic acids is 2. The van der Waals surface area contributed by atoms with Crippen LogP contribution in [0, 0.1) is 5.41 Å². The second kappa shape index (κ2) is 5.04. The Labute approximate surface area is 102 Å². The van der Waals surface area contributed by atoms with Crippen molar-refractivity contribution >= 4 is 11.9 Å². The predicted octanol–water partition coefficient (Wildman–Crippen LogP) is 0.444. The van der Waals surface area contributed by atoms with Gasteiger partial charge in [0.2, 0.25) is 5.91 Å². The topological polar surface area (TPSA) is 67.4 Å². The van der Waals surface area contributed by atoms with Crippen molar-refractivity contribution in [1.82, 2.24) is 10.6 Å². The van der Waals surface area contributed by atoms with Crippen molar-refractivity contribution < 1.29 is 14.3 Å². The number of amides is 1. The molecule has 1 heterocycles. The van der Waals surface area contributed by atoms with Gasteiger partial charge in [0, 0.05) is 6.54 Å². The zero-order chi connectivity index (χ0) is 13.1. The SMILES string of the molecule is COC(=O)C(C)(C)NC(=O)C1(C)CCCNC1. The van der Waals surface area contributed by atoms with Gasteiger partial charge in [0.1, 0.15) is 5.54 Å². The van der Waals surface area contributed by atoms with Gasteiger partial charge in [-0.15, -0.1) is 0 Å². The highest BCUT2D eigenvalue weighted by Crippen LogP contribution is 2.26. The molecule has 1 fully saturated rings. The molecule has 0 aliphatic carbocycles. The van der Waals surface area contributed by atoms with Gasteiger partial charge >= 0.3 is 5.97 Å². The lowest BCUT2D eigenvalue weighted by Crippen LogP contribution is -2.57. The highest BCUT2D eigenvalue weighted by Gasteiger charge is 2.39. The van der Waals surface area contributed by atoms with Crippen LogP contribution in [0.3, 0.4) is 0 Å². The van der Waals surface area contributed by atoms with Crippen LogP contribution in [-0.2, 0) is 14.3 Å². The fourth-order valence-corrected chi connectivity index (χ4v) is 1.99. The summed E-state index contributed by atoms with van der Waals surface area (Å²) in [5, 5.41) is 5.97. The molecule has 17 heavy (non-hydrogen) atoms. The number of hydrogen-bond donors (Lipinski definition) is 2. The molecule has 5 heteroatoms. The van der Waals surface area contributed by atoms with Crippen LogP contribution >= 0.6 is 0 Å². The first kappa shape index (κ1) is 14.0. The summed E-state index contributed by atoms with van der Waals surface area (Å²) >= 11 is 0. The minimum absolute atomic E-state index is 0.0971. The highest BCUT2D eigenvalue weighted by atomic mass is 16.5. The predicted molar refractivity (Wildman–Crippen MR) is 64.4 cm³/mol. The maximum atomic E-state index is 12.2. The molecule has 0 bridgehead atoms. The second-order valence-corrected chi connectivity index (χ2v) is 5.41. The van der Waals surface area contributed by atoms with Gasteiger partial charge < -0.3 is 15.4 Å². The van der Waals surface area contributed by atoms with Gasteiger partial charge in [-0.2, -0.15) is 0 Å². The number of carbonyl (C=O) groups is 2. The molecule has 0 spiro atoms. The Morgan fingerprint density at radius 1 is 1.41 bits per heavy atom. The van der Waals surface area contributed by atoms with E-state index in [1.165, 1.54) is 7.11 Å². The molecule has 0 saturated carbocycles. The van der Waals surface area contributed by atoms with Crippen molar-refractivity contribution in [3.63, 3.8) is 0 Å². The summed E-state index contributed by atoms with van der Waals surface area (Å²) in [6.07, 6.45) is 1.81. The van der Waals surface area contributed by atoms with Gasteiger partial charge in [0.15, 0.2) is 0 Å². The average Bonchev–Trinajstić information content (AvgIpc) is 2.28. The van der Waals surface area contributed by atoms with Crippen LogP contribution in [-0.4, -0.2) is 37.6 Å². The Balaban J connectivity index is 2.68. The summed E-state index contributed by atoms with van der Waals surface area (Å²) in [7, 11) is 1.32. The Morgan fingerprint density at radius 2 is 2.06 bits per heavy atom. The largest absolute Gasteiger partial charge is 0.467 e. The third-order valence-electron chi connectivity index (χ3n) is 3.27. The van der Waals surface area contributed by atoms with Crippen LogP contribution in [0.4, 0.5) is 0 Å². The highest BCUT2D eigenvalue weighted by molar-refractivity contribution is 5.90. The molecule has 1 unspecified atom stereocenters. The molecule has 1 aliphatic heterocycles. The van der Waals surface area contributed by atoms with Gasteiger partial charge in [-0.3, -0.25) is 4.79 Å². The molecular formula is C12H22N2O3. The van der Waals surface area contributed by atoms with Crippen molar-refractivity contribution in [3.05, 3.63) is 0 Å². The average molecular weight is 242 g/mol. The van der Waals surface area contributed by atoms with Crippen molar-refractivity contribution in [2.24, 2.45) is 5.41 Å². The summed E-state index contributed by atoms with van der Waals surface area (Å²) in [4.78, 5) is 23.7. The zero-order valence-corrected chi connectivity index (χ0v) is 11.1. The summed E-state index contributed by atoms with van der Waals surface area (Å²) in [5.41, 5.74) is -1.42. The summed E-state index contributed by atoms with van der Waals surface area (Å²) in [5.74, 6) is -0.529. The molecule has 2 N–H and O–H groups in total. The van der Waals surface area contributed by atoms with E-state index in [2.05, 4.69) is 15.4 Å². The molecule has 1 saturated heterocycles. The van der Waals surface area contributed by atoms with E-state index in [9.17, 15) is 9.59 Å². The lowest BCUT2D eigenvalue weighted by molar-refractivity contribution is -0.151. The smallest absolute Gasteiger partial charge is 0.330 e. The Morgan fingerprint density at radius 3 is 2.53 bits per heavy atom. The number of methoxy groups -OCH3 is 1. The van der Waals surface area contributed by atoms with Crippen LogP contribution in [0.1, 0.15) is 33.6 Å². The minimum Gasteiger partial charge on any atom is -0.467 e. The van der Waals surface area contributed by atoms with Gasteiger partial charge in [-0.25, -0.2) is 4.79 Å². The molecular weight excluding hydrogens is 220 g/mol. The summed E-state index contributed by atoms with van der Waals surface area (Å²) in [6.45, 7) is 6.81. The van der Waals surface area contributed by atoms with E-state index in [4.69, 9.17) is 0 Å². The van der Waals surface area contributed by atoms with Crippen molar-refractivity contribution in [2.45, 2.75) is 39.2 Å². The molecule has 1 amide bonds. The van der Waals surface area contributed by atoms with E-state index in [1.807, 2.05) is 6.92 Å². The minimum atomic E-state index is -0.980. The fourth-order valence-electron chi connectivity index (χ4n) is 1.99. The molecule has 1 rings (SSSR count). The molecule has 0 aromatic carbocycles. The third-order valence-corrected chi connectivity index (χ3v) is 3.27. The first-order chi connectivity index (χ1) is 7.82. The quantitative estimate of drug-likeness (QED) is 0.705. The standard InChI is InChI=1S/C12H22N2O3/c1-11(2,10(16)17-4)14-9(15)12(3)6-5-7-13-8-12/h13H,5-8H2,1-4H3,(H,14,15). The van der Waals surface area contributed by atoms with Crippen LogP contribution in [0.5, 0.6) is 0 Å². The molecule has 1 aliphatic rings. The van der Waals surface area contributed by atoms with Gasteiger partial charge in [-0.1, -0.05) is 0 Å². The van der Waals surface area contributed by atoms with Crippen LogP contribution in [0.2, 0.25) is 0 Å². The fraction of sp³-hybridized carbons (Fsp3) is 0.833. The molecule has 1 atom stereocenters. The normalized spacial score (nSPS) is 25.2. The van der Waals surface area contributed by atoms with Crippen molar-refractivity contribution in [2.75, 3.05) is 20.2 Å². The van der Waals surface area contributed by atoms with Crippen molar-refractivity contribution in [1.29, 1.82) is 0 Å². The first-order valence-corrected chi connectivity index (χ1v) is 5.93. The molecule has 98 valence electrons. The second-order valence-electron chi connectivity index (χ2n) is 5.41. The number of ether oxygens (including phenoxy) is 1. The maximum absolute atomic E-state index is 12.2. The van der Waals surface area contributed by atoms with Crippen molar-refractivity contribution in [3.8, 4) is 0 Å². The Kier molecular flexibility index (Phi) is 4.14. The van der Waals surface area contributed by atoms with Gasteiger partial charge in [-0.05, 0) is 40.2 Å². The number of nitrogens with one attached hydrogen (secondary N) is 2. The van der Waals surface area contributed by atoms with E-state index in [0.717, 1.165) is 19.4 Å². The maximum Gasteiger partial charge on any atom is 0.330 e. The van der Waals surface area contributed by atoms with E-state index < -0.39 is 16.9 Å². The molecule has 0 aromatic rings. The van der Waals surface area contributed by atoms with E-state index in [1.54, 1.807) is 13.8 Å².